The Hall–Kier alpha value is -3.09. The zero-order valence-electron chi connectivity index (χ0n) is 24.5. The number of esters is 1. The van der Waals surface area contributed by atoms with Crippen LogP contribution in [0.25, 0.3) is 0 Å². The Bertz CT molecular complexity index is 1300. The molecule has 3 aromatic rings. The molecule has 0 unspecified atom stereocenters. The third-order valence-electron chi connectivity index (χ3n) is 7.62. The van der Waals surface area contributed by atoms with Crippen molar-refractivity contribution in [1.82, 2.24) is 4.90 Å². The predicted octanol–water partition coefficient (Wildman–Crippen LogP) is 6.92. The summed E-state index contributed by atoms with van der Waals surface area (Å²) in [6, 6.07) is 22.7. The van der Waals surface area contributed by atoms with Crippen molar-refractivity contribution >= 4 is 23.5 Å². The third kappa shape index (κ3) is 7.15. The first kappa shape index (κ1) is 29.9. The van der Waals surface area contributed by atoms with E-state index in [1.165, 1.54) is 11.1 Å². The molecule has 212 valence electrons. The molecule has 0 aromatic heterocycles. The fraction of sp³-hybridized carbons (Fsp3) is 0.412. The lowest BCUT2D eigenvalue weighted by Gasteiger charge is -2.27. The van der Waals surface area contributed by atoms with Crippen molar-refractivity contribution in [3.63, 3.8) is 0 Å². The molecule has 0 bridgehead atoms. The van der Waals surface area contributed by atoms with Gasteiger partial charge in [-0.05, 0) is 87.6 Å². The largest absolute Gasteiger partial charge is 0.476 e. The number of Topliss-reactive ketones (excluding diaryl/α,β-unsaturated/α-hetero) is 1. The van der Waals surface area contributed by atoms with Gasteiger partial charge in [0.25, 0.3) is 0 Å². The number of carbonyl (C=O) groups excluding carboxylic acids is 2. The number of carbonyl (C=O) groups is 2. The number of ketones is 1. The Morgan fingerprint density at radius 3 is 2.20 bits per heavy atom. The summed E-state index contributed by atoms with van der Waals surface area (Å²) < 4.78 is 11.4. The number of nitrogens with zero attached hydrogens (tertiary/aromatic N) is 1. The van der Waals surface area contributed by atoms with Crippen LogP contribution in [0.3, 0.4) is 0 Å². The molecule has 0 spiro atoms. The number of hydrogen-bond acceptors (Lipinski definition) is 6. The van der Waals surface area contributed by atoms with Gasteiger partial charge in [0.15, 0.2) is 11.4 Å². The zero-order valence-corrected chi connectivity index (χ0v) is 25.3. The SMILES string of the molecule is CCOC(=O)C(C)(C)Oc1c(C)cc(C[C@H]2CN(Cc3ccccc3)C[C@@H]2C(=O)c2ccc(SC)cc2)cc1C. The van der Waals surface area contributed by atoms with E-state index in [1.807, 2.05) is 50.4 Å². The van der Waals surface area contributed by atoms with Gasteiger partial charge in [0.1, 0.15) is 5.75 Å². The summed E-state index contributed by atoms with van der Waals surface area (Å²) in [6.45, 7) is 12.0. The van der Waals surface area contributed by atoms with Gasteiger partial charge >= 0.3 is 5.97 Å². The smallest absolute Gasteiger partial charge is 0.349 e. The second-order valence-electron chi connectivity index (χ2n) is 11.2. The van der Waals surface area contributed by atoms with Crippen LogP contribution in [0.5, 0.6) is 5.75 Å². The number of rotatable bonds is 11. The second-order valence-corrected chi connectivity index (χ2v) is 12.1. The number of ether oxygens (including phenoxy) is 2. The molecule has 1 heterocycles. The summed E-state index contributed by atoms with van der Waals surface area (Å²) in [4.78, 5) is 29.8. The number of aryl methyl sites for hydroxylation is 2. The molecule has 0 aliphatic carbocycles. The van der Waals surface area contributed by atoms with E-state index in [0.717, 1.165) is 47.6 Å². The molecule has 2 atom stereocenters. The van der Waals surface area contributed by atoms with Crippen molar-refractivity contribution in [2.24, 2.45) is 11.8 Å². The highest BCUT2D eigenvalue weighted by molar-refractivity contribution is 7.98. The molecule has 1 aliphatic rings. The van der Waals surface area contributed by atoms with Crippen LogP contribution in [0.15, 0.2) is 71.6 Å². The molecule has 1 aliphatic heterocycles. The van der Waals surface area contributed by atoms with Gasteiger partial charge in [-0.2, -0.15) is 0 Å². The number of hydrogen-bond donors (Lipinski definition) is 0. The average Bonchev–Trinajstić information content (AvgIpc) is 3.32. The average molecular weight is 560 g/mol. The van der Waals surface area contributed by atoms with Gasteiger partial charge in [-0.3, -0.25) is 9.69 Å². The first-order valence-electron chi connectivity index (χ1n) is 14.0. The molecule has 1 fully saturated rings. The summed E-state index contributed by atoms with van der Waals surface area (Å²) in [6.07, 6.45) is 2.84. The standard InChI is InChI=1S/C34H41NO4S/c1-7-38-33(37)34(4,5)39-32-23(2)17-26(18-24(32)3)19-28-21-35(20-25-11-9-8-10-12-25)22-30(28)31(36)27-13-15-29(40-6)16-14-27/h8-18,28,30H,7,19-22H2,1-6H3/t28-,30-/m0/s1. The van der Waals surface area contributed by atoms with E-state index in [0.29, 0.717) is 12.4 Å². The van der Waals surface area contributed by atoms with Crippen molar-refractivity contribution in [3.05, 3.63) is 94.5 Å². The van der Waals surface area contributed by atoms with Crippen LogP contribution in [-0.2, 0) is 22.5 Å². The van der Waals surface area contributed by atoms with Gasteiger partial charge < -0.3 is 9.47 Å². The van der Waals surface area contributed by atoms with E-state index >= 15 is 0 Å². The maximum atomic E-state index is 13.8. The minimum absolute atomic E-state index is 0.0804. The first-order valence-corrected chi connectivity index (χ1v) is 15.2. The molecule has 4 rings (SSSR count). The topological polar surface area (TPSA) is 55.8 Å². The third-order valence-corrected chi connectivity index (χ3v) is 8.36. The van der Waals surface area contributed by atoms with Gasteiger partial charge in [-0.15, -0.1) is 11.8 Å². The molecule has 1 saturated heterocycles. The lowest BCUT2D eigenvalue weighted by molar-refractivity contribution is -0.158. The Morgan fingerprint density at radius 1 is 0.950 bits per heavy atom. The van der Waals surface area contributed by atoms with E-state index in [-0.39, 0.29) is 23.6 Å². The Kier molecular flexibility index (Phi) is 9.75. The second kappa shape index (κ2) is 13.0. The number of benzene rings is 3. The molecule has 3 aromatic carbocycles. The predicted molar refractivity (Wildman–Crippen MR) is 162 cm³/mol. The van der Waals surface area contributed by atoms with Crippen molar-refractivity contribution in [3.8, 4) is 5.75 Å². The Balaban J connectivity index is 1.56. The summed E-state index contributed by atoms with van der Waals surface area (Å²) >= 11 is 1.68. The van der Waals surface area contributed by atoms with Gasteiger partial charge in [0, 0.05) is 36.0 Å². The van der Waals surface area contributed by atoms with E-state index in [9.17, 15) is 9.59 Å². The molecule has 6 heteroatoms. The fourth-order valence-electron chi connectivity index (χ4n) is 5.63. The minimum Gasteiger partial charge on any atom is -0.476 e. The van der Waals surface area contributed by atoms with Crippen molar-refractivity contribution in [2.45, 2.75) is 58.1 Å². The van der Waals surface area contributed by atoms with Crippen molar-refractivity contribution in [1.29, 1.82) is 0 Å². The van der Waals surface area contributed by atoms with Crippen molar-refractivity contribution in [2.75, 3.05) is 26.0 Å². The summed E-state index contributed by atoms with van der Waals surface area (Å²) in [5.74, 6) is 0.661. The Labute approximate surface area is 243 Å². The normalized spacial score (nSPS) is 17.6. The van der Waals surface area contributed by atoms with Crippen LogP contribution in [0.4, 0.5) is 0 Å². The highest BCUT2D eigenvalue weighted by atomic mass is 32.2. The molecule has 40 heavy (non-hydrogen) atoms. The molecular weight excluding hydrogens is 518 g/mol. The highest BCUT2D eigenvalue weighted by Crippen LogP contribution is 2.34. The summed E-state index contributed by atoms with van der Waals surface area (Å²) in [5, 5.41) is 0. The molecular formula is C34H41NO4S. The molecule has 0 radical (unpaired) electrons. The van der Waals surface area contributed by atoms with Crippen LogP contribution in [0, 0.1) is 25.7 Å². The van der Waals surface area contributed by atoms with Crippen LogP contribution < -0.4 is 4.74 Å². The van der Waals surface area contributed by atoms with Crippen molar-refractivity contribution < 1.29 is 19.1 Å². The maximum Gasteiger partial charge on any atom is 0.349 e. The molecule has 5 nitrogen and oxygen atoms in total. The first-order chi connectivity index (χ1) is 19.1. The van der Waals surface area contributed by atoms with Crippen LogP contribution in [0.2, 0.25) is 0 Å². The van der Waals surface area contributed by atoms with Gasteiger partial charge in [0.2, 0.25) is 0 Å². The lowest BCUT2D eigenvalue weighted by Crippen LogP contribution is -2.40. The van der Waals surface area contributed by atoms with E-state index in [4.69, 9.17) is 9.47 Å². The fourth-order valence-corrected chi connectivity index (χ4v) is 6.04. The quantitative estimate of drug-likeness (QED) is 0.144. The van der Waals surface area contributed by atoms with Gasteiger partial charge in [-0.25, -0.2) is 4.79 Å². The lowest BCUT2D eigenvalue weighted by atomic mass is 9.84. The maximum absolute atomic E-state index is 13.8. The van der Waals surface area contributed by atoms with E-state index in [1.54, 1.807) is 32.5 Å². The number of thioether (sulfide) groups is 1. The van der Waals surface area contributed by atoms with Crippen LogP contribution in [0.1, 0.15) is 53.4 Å². The minimum atomic E-state index is -1.08. The molecule has 0 amide bonds. The van der Waals surface area contributed by atoms with Crippen LogP contribution in [-0.4, -0.2) is 48.2 Å². The van der Waals surface area contributed by atoms with Crippen LogP contribution >= 0.6 is 11.8 Å². The number of likely N-dealkylation sites (tertiary alicyclic amines) is 1. The van der Waals surface area contributed by atoms with E-state index in [2.05, 4.69) is 41.3 Å². The Morgan fingerprint density at radius 2 is 1.60 bits per heavy atom. The molecule has 0 saturated carbocycles. The van der Waals surface area contributed by atoms with Gasteiger partial charge in [0.05, 0.1) is 6.61 Å². The molecule has 0 N–H and O–H groups in total. The summed E-state index contributed by atoms with van der Waals surface area (Å²) in [5.41, 5.74) is 4.09. The zero-order chi connectivity index (χ0) is 28.9. The highest BCUT2D eigenvalue weighted by Gasteiger charge is 2.38. The summed E-state index contributed by atoms with van der Waals surface area (Å²) in [7, 11) is 0. The monoisotopic (exact) mass is 559 g/mol. The van der Waals surface area contributed by atoms with E-state index < -0.39 is 5.60 Å². The van der Waals surface area contributed by atoms with Gasteiger partial charge in [-0.1, -0.05) is 54.6 Å².